The largest absolute Gasteiger partial charge is 0.365 e. The summed E-state index contributed by atoms with van der Waals surface area (Å²) in [6.07, 6.45) is 1.78. The van der Waals surface area contributed by atoms with Crippen LogP contribution in [0.4, 0.5) is 11.4 Å². The molecule has 0 N–H and O–H groups in total. The number of anilines is 1. The van der Waals surface area contributed by atoms with Crippen molar-refractivity contribution in [2.45, 2.75) is 26.7 Å². The molecule has 0 aromatic heterocycles. The van der Waals surface area contributed by atoms with Crippen molar-refractivity contribution in [3.8, 4) is 0 Å². The predicted octanol–water partition coefficient (Wildman–Crippen LogP) is 2.71. The van der Waals surface area contributed by atoms with E-state index in [1.807, 2.05) is 17.9 Å². The number of nitro benzene ring substituents is 1. The number of hydrogen-bond acceptors (Lipinski definition) is 4. The zero-order valence-corrected chi connectivity index (χ0v) is 11.3. The van der Waals surface area contributed by atoms with Crippen molar-refractivity contribution in [2.75, 3.05) is 18.0 Å². The summed E-state index contributed by atoms with van der Waals surface area (Å²) in [5, 5.41) is 11.1. The minimum Gasteiger partial charge on any atom is -0.365 e. The van der Waals surface area contributed by atoms with Crippen LogP contribution in [0.25, 0.3) is 0 Å². The summed E-state index contributed by atoms with van der Waals surface area (Å²) in [7, 11) is 0. The van der Waals surface area contributed by atoms with Crippen molar-refractivity contribution in [2.24, 2.45) is 5.92 Å². The van der Waals surface area contributed by atoms with E-state index in [-0.39, 0.29) is 22.3 Å². The van der Waals surface area contributed by atoms with Crippen LogP contribution in [-0.2, 0) is 4.79 Å². The van der Waals surface area contributed by atoms with Gasteiger partial charge in [-0.3, -0.25) is 14.9 Å². The third-order valence-corrected chi connectivity index (χ3v) is 3.73. The molecular formula is C14H18N2O3. The van der Waals surface area contributed by atoms with Gasteiger partial charge < -0.3 is 4.90 Å². The van der Waals surface area contributed by atoms with Gasteiger partial charge in [0.1, 0.15) is 11.5 Å². The van der Waals surface area contributed by atoms with Crippen LogP contribution in [0.5, 0.6) is 0 Å². The molecule has 0 saturated carbocycles. The number of para-hydroxylation sites is 1. The number of carbonyl (C=O) groups is 1. The van der Waals surface area contributed by atoms with Crippen LogP contribution in [0.3, 0.4) is 0 Å². The van der Waals surface area contributed by atoms with Crippen molar-refractivity contribution in [3.63, 3.8) is 0 Å². The summed E-state index contributed by atoms with van der Waals surface area (Å²) in [5.74, 6) is 0.161. The van der Waals surface area contributed by atoms with E-state index in [0.29, 0.717) is 12.2 Å². The fraction of sp³-hybridized carbons (Fsp3) is 0.500. The molecule has 0 bridgehead atoms. The molecule has 2 rings (SSSR count). The Morgan fingerprint density at radius 3 is 2.84 bits per heavy atom. The molecule has 19 heavy (non-hydrogen) atoms. The summed E-state index contributed by atoms with van der Waals surface area (Å²) in [6.45, 7) is 4.83. The van der Waals surface area contributed by atoms with Crippen LogP contribution in [-0.4, -0.2) is 23.8 Å². The molecule has 5 heteroatoms. The molecule has 1 aliphatic rings. The molecule has 1 fully saturated rings. The number of aryl methyl sites for hydroxylation is 1. The van der Waals surface area contributed by atoms with Crippen molar-refractivity contribution in [3.05, 3.63) is 33.9 Å². The van der Waals surface area contributed by atoms with Crippen LogP contribution in [0.15, 0.2) is 18.2 Å². The van der Waals surface area contributed by atoms with Gasteiger partial charge in [-0.1, -0.05) is 12.1 Å². The normalized spacial score (nSPS) is 19.3. The third-order valence-electron chi connectivity index (χ3n) is 3.73. The van der Waals surface area contributed by atoms with Gasteiger partial charge in [-0.25, -0.2) is 0 Å². The lowest BCUT2D eigenvalue weighted by molar-refractivity contribution is -0.384. The summed E-state index contributed by atoms with van der Waals surface area (Å²) in [6, 6.07) is 5.10. The first kappa shape index (κ1) is 13.5. The van der Waals surface area contributed by atoms with Gasteiger partial charge in [0.25, 0.3) is 5.69 Å². The van der Waals surface area contributed by atoms with Crippen molar-refractivity contribution < 1.29 is 9.72 Å². The van der Waals surface area contributed by atoms with Crippen LogP contribution in [0, 0.1) is 23.0 Å². The highest BCUT2D eigenvalue weighted by molar-refractivity contribution is 5.80. The Hall–Kier alpha value is -1.91. The summed E-state index contributed by atoms with van der Waals surface area (Å²) < 4.78 is 0. The number of ketones is 1. The average Bonchev–Trinajstić information content (AvgIpc) is 2.38. The average molecular weight is 262 g/mol. The number of nitro groups is 1. The van der Waals surface area contributed by atoms with Gasteiger partial charge in [0.2, 0.25) is 0 Å². The maximum absolute atomic E-state index is 11.5. The zero-order chi connectivity index (χ0) is 14.0. The Bertz CT molecular complexity index is 513. The molecule has 0 aliphatic carbocycles. The van der Waals surface area contributed by atoms with E-state index in [4.69, 9.17) is 0 Å². The highest BCUT2D eigenvalue weighted by Gasteiger charge is 2.28. The highest BCUT2D eigenvalue weighted by atomic mass is 16.6. The second-order valence-electron chi connectivity index (χ2n) is 5.10. The number of benzene rings is 1. The van der Waals surface area contributed by atoms with Gasteiger partial charge in [-0.05, 0) is 32.3 Å². The molecule has 0 spiro atoms. The molecular weight excluding hydrogens is 244 g/mol. The second-order valence-corrected chi connectivity index (χ2v) is 5.10. The van der Waals surface area contributed by atoms with E-state index in [1.165, 1.54) is 6.07 Å². The molecule has 1 unspecified atom stereocenters. The molecule has 1 aromatic rings. The Balaban J connectivity index is 2.35. The monoisotopic (exact) mass is 262 g/mol. The molecule has 102 valence electrons. The first-order valence-electron chi connectivity index (χ1n) is 6.50. The standard InChI is InChI=1S/C14H18N2O3/c1-10-5-3-7-13(16(18)19)14(10)15-8-4-6-12(9-15)11(2)17/h3,5,7,12H,4,6,8-9H2,1-2H3. The highest BCUT2D eigenvalue weighted by Crippen LogP contribution is 2.34. The number of nitrogens with zero attached hydrogens (tertiary/aromatic N) is 2. The van der Waals surface area contributed by atoms with Crippen LogP contribution >= 0.6 is 0 Å². The molecule has 1 aromatic carbocycles. The lowest BCUT2D eigenvalue weighted by atomic mass is 9.93. The third kappa shape index (κ3) is 2.75. The van der Waals surface area contributed by atoms with E-state index in [9.17, 15) is 14.9 Å². The van der Waals surface area contributed by atoms with Gasteiger partial charge in [-0.2, -0.15) is 0 Å². The number of carbonyl (C=O) groups excluding carboxylic acids is 1. The molecule has 0 radical (unpaired) electrons. The van der Waals surface area contributed by atoms with Crippen LogP contribution in [0.2, 0.25) is 0 Å². The summed E-state index contributed by atoms with van der Waals surface area (Å²) in [4.78, 5) is 24.3. The van der Waals surface area contributed by atoms with Crippen LogP contribution < -0.4 is 4.90 Å². The van der Waals surface area contributed by atoms with Gasteiger partial charge in [0.05, 0.1) is 4.92 Å². The predicted molar refractivity (Wildman–Crippen MR) is 73.5 cm³/mol. The number of piperidine rings is 1. The fourth-order valence-electron chi connectivity index (χ4n) is 2.71. The number of Topliss-reactive ketones (excluding diaryl/α,β-unsaturated/α-hetero) is 1. The molecule has 5 nitrogen and oxygen atoms in total. The Kier molecular flexibility index (Phi) is 3.83. The van der Waals surface area contributed by atoms with Gasteiger partial charge in [-0.15, -0.1) is 0 Å². The SMILES string of the molecule is CC(=O)C1CCCN(c2c(C)cccc2[N+](=O)[O-])C1. The van der Waals surface area contributed by atoms with Crippen molar-refractivity contribution in [1.82, 2.24) is 0 Å². The van der Waals surface area contributed by atoms with Gasteiger partial charge >= 0.3 is 0 Å². The Morgan fingerprint density at radius 1 is 1.47 bits per heavy atom. The molecule has 1 aliphatic heterocycles. The number of hydrogen-bond donors (Lipinski definition) is 0. The van der Waals surface area contributed by atoms with E-state index in [1.54, 1.807) is 13.0 Å². The maximum Gasteiger partial charge on any atom is 0.292 e. The topological polar surface area (TPSA) is 63.5 Å². The molecule has 1 heterocycles. The van der Waals surface area contributed by atoms with Crippen molar-refractivity contribution >= 4 is 17.2 Å². The first-order valence-corrected chi connectivity index (χ1v) is 6.50. The zero-order valence-electron chi connectivity index (χ0n) is 11.3. The molecule has 1 atom stereocenters. The Morgan fingerprint density at radius 2 is 2.21 bits per heavy atom. The minimum atomic E-state index is -0.348. The lowest BCUT2D eigenvalue weighted by Crippen LogP contribution is -2.38. The second kappa shape index (κ2) is 5.38. The van der Waals surface area contributed by atoms with E-state index >= 15 is 0 Å². The van der Waals surface area contributed by atoms with Crippen LogP contribution in [0.1, 0.15) is 25.3 Å². The van der Waals surface area contributed by atoms with Crippen molar-refractivity contribution in [1.29, 1.82) is 0 Å². The van der Waals surface area contributed by atoms with E-state index in [0.717, 1.165) is 24.9 Å². The van der Waals surface area contributed by atoms with Gasteiger partial charge in [0, 0.05) is 25.1 Å². The lowest BCUT2D eigenvalue weighted by Gasteiger charge is -2.33. The van der Waals surface area contributed by atoms with E-state index < -0.39 is 0 Å². The Labute approximate surface area is 112 Å². The van der Waals surface area contributed by atoms with Gasteiger partial charge in [0.15, 0.2) is 0 Å². The summed E-state index contributed by atoms with van der Waals surface area (Å²) >= 11 is 0. The summed E-state index contributed by atoms with van der Waals surface area (Å²) in [5.41, 5.74) is 1.68. The van der Waals surface area contributed by atoms with E-state index in [2.05, 4.69) is 0 Å². The minimum absolute atomic E-state index is 0.00652. The molecule has 1 saturated heterocycles. The first-order chi connectivity index (χ1) is 9.00. The fourth-order valence-corrected chi connectivity index (χ4v) is 2.71. The maximum atomic E-state index is 11.5. The smallest absolute Gasteiger partial charge is 0.292 e. The quantitative estimate of drug-likeness (QED) is 0.620. The molecule has 0 amide bonds. The number of rotatable bonds is 3.